The van der Waals surface area contributed by atoms with E-state index >= 15 is 0 Å². The first kappa shape index (κ1) is 11.4. The van der Waals surface area contributed by atoms with Gasteiger partial charge in [0, 0.05) is 19.7 Å². The molecule has 0 bridgehead atoms. The van der Waals surface area contributed by atoms with Crippen molar-refractivity contribution in [3.8, 4) is 0 Å². The molecule has 1 heterocycles. The average Bonchev–Trinajstić information content (AvgIpc) is 2.29. The van der Waals surface area contributed by atoms with Gasteiger partial charge < -0.3 is 9.84 Å². The zero-order valence-corrected chi connectivity index (χ0v) is 9.69. The maximum Gasteiger partial charge on any atom is 0.0698 e. The molecule has 1 saturated carbocycles. The Morgan fingerprint density at radius 3 is 2.80 bits per heavy atom. The smallest absolute Gasteiger partial charge is 0.0698 e. The minimum absolute atomic E-state index is 0.0633. The van der Waals surface area contributed by atoms with Crippen LogP contribution in [0.1, 0.15) is 38.5 Å². The Hall–Kier alpha value is -0.120. The summed E-state index contributed by atoms with van der Waals surface area (Å²) in [5, 5.41) is 9.68. The molecule has 1 aliphatic heterocycles. The molecule has 0 aromatic heterocycles. The lowest BCUT2D eigenvalue weighted by Crippen LogP contribution is -2.47. The highest BCUT2D eigenvalue weighted by Gasteiger charge is 2.29. The first-order chi connectivity index (χ1) is 7.29. The van der Waals surface area contributed by atoms with Crippen LogP contribution < -0.4 is 0 Å². The van der Waals surface area contributed by atoms with Gasteiger partial charge in [-0.25, -0.2) is 0 Å². The van der Waals surface area contributed by atoms with Crippen LogP contribution >= 0.6 is 0 Å². The van der Waals surface area contributed by atoms with Crippen molar-refractivity contribution in [2.24, 2.45) is 0 Å². The molecule has 1 N–H and O–H groups in total. The van der Waals surface area contributed by atoms with Crippen molar-refractivity contribution < 1.29 is 9.84 Å². The van der Waals surface area contributed by atoms with Gasteiger partial charge in [-0.05, 0) is 45.1 Å². The minimum Gasteiger partial charge on any atom is -0.393 e. The number of aliphatic hydroxyl groups excluding tert-OH is 1. The van der Waals surface area contributed by atoms with E-state index in [2.05, 4.69) is 4.90 Å². The predicted octanol–water partition coefficient (Wildman–Crippen LogP) is 1.40. The summed E-state index contributed by atoms with van der Waals surface area (Å²) in [4.78, 5) is 2.53. The van der Waals surface area contributed by atoms with Gasteiger partial charge in [0.15, 0.2) is 0 Å². The van der Waals surface area contributed by atoms with Gasteiger partial charge in [-0.2, -0.15) is 0 Å². The minimum atomic E-state index is -0.0633. The third-order valence-electron chi connectivity index (χ3n) is 3.88. The molecule has 2 fully saturated rings. The molecule has 0 spiro atoms. The summed E-state index contributed by atoms with van der Waals surface area (Å²) >= 11 is 0. The number of methoxy groups -OCH3 is 1. The van der Waals surface area contributed by atoms with Gasteiger partial charge in [0.1, 0.15) is 0 Å². The van der Waals surface area contributed by atoms with Gasteiger partial charge in [0.25, 0.3) is 0 Å². The van der Waals surface area contributed by atoms with E-state index in [1.54, 1.807) is 0 Å². The fraction of sp³-hybridized carbons (Fsp3) is 1.00. The van der Waals surface area contributed by atoms with Crippen LogP contribution in [0, 0.1) is 0 Å². The molecule has 3 unspecified atom stereocenters. The summed E-state index contributed by atoms with van der Waals surface area (Å²) < 4.78 is 5.43. The number of hydrogen-bond acceptors (Lipinski definition) is 3. The molecule has 1 saturated heterocycles. The lowest BCUT2D eigenvalue weighted by atomic mass is 9.90. The van der Waals surface area contributed by atoms with E-state index in [4.69, 9.17) is 4.74 Å². The molecular weight excluding hydrogens is 190 g/mol. The van der Waals surface area contributed by atoms with E-state index < -0.39 is 0 Å². The van der Waals surface area contributed by atoms with Crippen LogP contribution in [0.5, 0.6) is 0 Å². The molecule has 2 rings (SSSR count). The molecule has 3 heteroatoms. The number of likely N-dealkylation sites (tertiary alicyclic amines) is 1. The number of aliphatic hydroxyl groups is 1. The Bertz CT molecular complexity index is 198. The highest BCUT2D eigenvalue weighted by atomic mass is 16.5. The lowest BCUT2D eigenvalue weighted by molar-refractivity contribution is -0.00846. The fourth-order valence-electron chi connectivity index (χ4n) is 2.96. The highest BCUT2D eigenvalue weighted by Crippen LogP contribution is 2.26. The Morgan fingerprint density at radius 1 is 1.20 bits per heavy atom. The van der Waals surface area contributed by atoms with Gasteiger partial charge >= 0.3 is 0 Å². The summed E-state index contributed by atoms with van der Waals surface area (Å²) in [6.45, 7) is 2.26. The van der Waals surface area contributed by atoms with E-state index in [1.807, 2.05) is 7.11 Å². The second-order valence-electron chi connectivity index (χ2n) is 4.97. The van der Waals surface area contributed by atoms with Crippen molar-refractivity contribution in [2.75, 3.05) is 20.2 Å². The number of ether oxygens (including phenoxy) is 1. The van der Waals surface area contributed by atoms with Crippen molar-refractivity contribution in [1.82, 2.24) is 4.90 Å². The van der Waals surface area contributed by atoms with Crippen LogP contribution in [-0.4, -0.2) is 48.5 Å². The number of hydrogen-bond donors (Lipinski definition) is 1. The van der Waals surface area contributed by atoms with Crippen LogP contribution in [0.25, 0.3) is 0 Å². The lowest BCUT2D eigenvalue weighted by Gasteiger charge is -2.40. The van der Waals surface area contributed by atoms with E-state index in [-0.39, 0.29) is 6.10 Å². The second-order valence-corrected chi connectivity index (χ2v) is 4.97. The van der Waals surface area contributed by atoms with Crippen molar-refractivity contribution >= 4 is 0 Å². The Balaban J connectivity index is 1.86. The molecule has 88 valence electrons. The molecule has 3 nitrogen and oxygen atoms in total. The summed E-state index contributed by atoms with van der Waals surface area (Å²) in [5.41, 5.74) is 0. The summed E-state index contributed by atoms with van der Waals surface area (Å²) in [6.07, 6.45) is 7.19. The monoisotopic (exact) mass is 213 g/mol. The zero-order valence-electron chi connectivity index (χ0n) is 9.69. The van der Waals surface area contributed by atoms with Crippen LogP contribution in [0.15, 0.2) is 0 Å². The molecule has 3 atom stereocenters. The highest BCUT2D eigenvalue weighted by molar-refractivity contribution is 4.84. The van der Waals surface area contributed by atoms with E-state index in [9.17, 15) is 5.11 Å². The quantitative estimate of drug-likeness (QED) is 0.752. The molecule has 0 aromatic carbocycles. The van der Waals surface area contributed by atoms with Crippen LogP contribution in [0.2, 0.25) is 0 Å². The van der Waals surface area contributed by atoms with Crippen molar-refractivity contribution in [1.29, 1.82) is 0 Å². The summed E-state index contributed by atoms with van der Waals surface area (Å²) in [5.74, 6) is 0. The van der Waals surface area contributed by atoms with Crippen molar-refractivity contribution in [3.05, 3.63) is 0 Å². The van der Waals surface area contributed by atoms with Crippen molar-refractivity contribution in [3.63, 3.8) is 0 Å². The van der Waals surface area contributed by atoms with Gasteiger partial charge in [0.05, 0.1) is 12.2 Å². The van der Waals surface area contributed by atoms with Gasteiger partial charge in [-0.15, -0.1) is 0 Å². The number of piperidine rings is 1. The van der Waals surface area contributed by atoms with Gasteiger partial charge in [0.2, 0.25) is 0 Å². The largest absolute Gasteiger partial charge is 0.393 e. The molecular formula is C12H23NO2. The third kappa shape index (κ3) is 2.92. The molecule has 0 aromatic rings. The number of nitrogens with zero attached hydrogens (tertiary/aromatic N) is 1. The average molecular weight is 213 g/mol. The maximum absolute atomic E-state index is 9.68. The Morgan fingerprint density at radius 2 is 2.07 bits per heavy atom. The first-order valence-corrected chi connectivity index (χ1v) is 6.24. The Kier molecular flexibility index (Phi) is 4.00. The van der Waals surface area contributed by atoms with E-state index in [0.717, 1.165) is 19.4 Å². The summed E-state index contributed by atoms with van der Waals surface area (Å²) in [6, 6.07) is 0.603. The standard InChI is InChI=1S/C12H23NO2/c1-15-12-6-3-7-13(9-12)10-4-2-5-11(14)8-10/h10-12,14H,2-9H2,1H3. The second kappa shape index (κ2) is 5.28. The number of rotatable bonds is 2. The van der Waals surface area contributed by atoms with Crippen LogP contribution in [0.4, 0.5) is 0 Å². The topological polar surface area (TPSA) is 32.7 Å². The SMILES string of the molecule is COC1CCCN(C2CCCC(O)C2)C1. The zero-order chi connectivity index (χ0) is 10.7. The van der Waals surface area contributed by atoms with Crippen molar-refractivity contribution in [2.45, 2.75) is 56.8 Å². The predicted molar refractivity (Wildman–Crippen MR) is 59.9 cm³/mol. The Labute approximate surface area is 92.4 Å². The fourth-order valence-corrected chi connectivity index (χ4v) is 2.96. The van der Waals surface area contributed by atoms with E-state index in [1.165, 1.54) is 32.2 Å². The van der Waals surface area contributed by atoms with Gasteiger partial charge in [-0.3, -0.25) is 4.90 Å². The molecule has 1 aliphatic carbocycles. The molecule has 0 amide bonds. The first-order valence-electron chi connectivity index (χ1n) is 6.24. The molecule has 2 aliphatic rings. The normalized spacial score (nSPS) is 39.2. The van der Waals surface area contributed by atoms with Gasteiger partial charge in [-0.1, -0.05) is 0 Å². The van der Waals surface area contributed by atoms with Crippen LogP contribution in [0.3, 0.4) is 0 Å². The third-order valence-corrected chi connectivity index (χ3v) is 3.88. The van der Waals surface area contributed by atoms with E-state index in [0.29, 0.717) is 12.1 Å². The maximum atomic E-state index is 9.68. The molecule has 15 heavy (non-hydrogen) atoms. The molecule has 0 radical (unpaired) electrons. The van der Waals surface area contributed by atoms with Crippen LogP contribution in [-0.2, 0) is 4.74 Å². The summed E-state index contributed by atoms with van der Waals surface area (Å²) in [7, 11) is 1.81.